The molecular weight excluding hydrogens is 368 g/mol. The lowest BCUT2D eigenvalue weighted by Crippen LogP contribution is -2.43. The minimum atomic E-state index is -1.60. The Morgan fingerprint density at radius 2 is 1.53 bits per heavy atom. The van der Waals surface area contributed by atoms with E-state index >= 15 is 0 Å². The molecule has 90 valence electrons. The van der Waals surface area contributed by atoms with Gasteiger partial charge in [-0.25, -0.2) is 0 Å². The van der Waals surface area contributed by atoms with E-state index in [0.29, 0.717) is 0 Å². The zero-order valence-corrected chi connectivity index (χ0v) is 16.5. The summed E-state index contributed by atoms with van der Waals surface area (Å²) in [6.07, 6.45) is 0. The summed E-state index contributed by atoms with van der Waals surface area (Å²) in [5.74, 6) is 0. The fourth-order valence-corrected chi connectivity index (χ4v) is 15.5. The predicted molar refractivity (Wildman–Crippen MR) is 85.3 cm³/mol. The molecule has 1 nitrogen and oxygen atoms in total. The van der Waals surface area contributed by atoms with Crippen LogP contribution in [0.5, 0.6) is 0 Å². The van der Waals surface area contributed by atoms with Crippen LogP contribution >= 0.6 is 30.6 Å². The van der Waals surface area contributed by atoms with Gasteiger partial charge in [-0.15, -0.1) is 37.2 Å². The second-order valence-corrected chi connectivity index (χ2v) is 30.0. The lowest BCUT2D eigenvalue weighted by Gasteiger charge is -2.32. The molecule has 0 aromatic rings. The molecule has 0 atom stereocenters. The molecule has 0 aromatic heterocycles. The SMILES string of the molecule is C=C[Si](C)(C)O[Si](C)(C)CC[Si](C)(Br)Br. The summed E-state index contributed by atoms with van der Waals surface area (Å²) in [7, 11) is -3.10. The molecule has 0 heterocycles. The number of hydrogen-bond acceptors (Lipinski definition) is 1. The fourth-order valence-electron chi connectivity index (χ4n) is 1.33. The largest absolute Gasteiger partial charge is 0.453 e. The van der Waals surface area contributed by atoms with Gasteiger partial charge in [0.2, 0.25) is 0 Å². The van der Waals surface area contributed by atoms with Gasteiger partial charge in [-0.1, -0.05) is 12.2 Å². The van der Waals surface area contributed by atoms with Crippen LogP contribution in [0, 0.1) is 0 Å². The summed E-state index contributed by atoms with van der Waals surface area (Å²) >= 11 is 7.48. The van der Waals surface area contributed by atoms with Gasteiger partial charge < -0.3 is 4.12 Å². The number of rotatable bonds is 6. The molecule has 0 spiro atoms. The van der Waals surface area contributed by atoms with Gasteiger partial charge in [0, 0.05) is 0 Å². The van der Waals surface area contributed by atoms with E-state index in [1.165, 1.54) is 12.1 Å². The second-order valence-electron chi connectivity index (χ2n) is 5.24. The molecule has 0 radical (unpaired) electrons. The van der Waals surface area contributed by atoms with Crippen LogP contribution in [-0.4, -0.2) is 21.9 Å². The molecule has 0 unspecified atom stereocenters. The second kappa shape index (κ2) is 5.77. The van der Waals surface area contributed by atoms with Crippen molar-refractivity contribution < 1.29 is 4.12 Å². The van der Waals surface area contributed by atoms with E-state index in [9.17, 15) is 0 Å². The Morgan fingerprint density at radius 1 is 1.07 bits per heavy atom. The average Bonchev–Trinajstić information content (AvgIpc) is 1.98. The van der Waals surface area contributed by atoms with Gasteiger partial charge in [-0.05, 0) is 38.3 Å². The smallest absolute Gasteiger partial charge is 0.197 e. The van der Waals surface area contributed by atoms with Crippen molar-refractivity contribution in [2.75, 3.05) is 0 Å². The average molecular weight is 390 g/mol. The molecule has 0 bridgehead atoms. The molecule has 0 aliphatic carbocycles. The Labute approximate surface area is 113 Å². The standard InChI is InChI=1S/C9H22Br2OSi3/c1-7-13(2,3)12-14(4,5)8-9-15(6,10)11/h7H,1,8-9H2,2-6H3. The monoisotopic (exact) mass is 388 g/mol. The summed E-state index contributed by atoms with van der Waals surface area (Å²) in [6.45, 7) is 15.2. The number of halogens is 2. The van der Waals surface area contributed by atoms with Crippen LogP contribution in [0.1, 0.15) is 0 Å². The highest BCUT2D eigenvalue weighted by molar-refractivity contribution is 9.51. The first-order valence-electron chi connectivity index (χ1n) is 5.19. The van der Waals surface area contributed by atoms with Crippen LogP contribution in [0.15, 0.2) is 12.3 Å². The maximum atomic E-state index is 6.31. The van der Waals surface area contributed by atoms with Crippen molar-refractivity contribution in [3.8, 4) is 0 Å². The van der Waals surface area contributed by atoms with Crippen LogP contribution in [0.25, 0.3) is 0 Å². The van der Waals surface area contributed by atoms with Gasteiger partial charge in [0.1, 0.15) is 0 Å². The molecule has 0 saturated heterocycles. The van der Waals surface area contributed by atoms with Crippen molar-refractivity contribution in [3.63, 3.8) is 0 Å². The van der Waals surface area contributed by atoms with Gasteiger partial charge >= 0.3 is 0 Å². The van der Waals surface area contributed by atoms with Crippen LogP contribution in [0.3, 0.4) is 0 Å². The van der Waals surface area contributed by atoms with E-state index in [1.54, 1.807) is 0 Å². The zero-order valence-electron chi connectivity index (χ0n) is 10.4. The Morgan fingerprint density at radius 3 is 1.87 bits per heavy atom. The van der Waals surface area contributed by atoms with Crippen molar-refractivity contribution in [1.82, 2.24) is 0 Å². The van der Waals surface area contributed by atoms with Crippen LogP contribution < -0.4 is 0 Å². The highest BCUT2D eigenvalue weighted by Gasteiger charge is 2.33. The van der Waals surface area contributed by atoms with E-state index in [2.05, 4.69) is 69.9 Å². The maximum absolute atomic E-state index is 6.31. The number of hydrogen-bond donors (Lipinski definition) is 0. The molecule has 15 heavy (non-hydrogen) atoms. The summed E-state index contributed by atoms with van der Waals surface area (Å²) in [4.78, 5) is 0. The highest BCUT2D eigenvalue weighted by atomic mass is 79.9. The van der Waals surface area contributed by atoms with Crippen molar-refractivity contribution in [2.45, 2.75) is 44.8 Å². The van der Waals surface area contributed by atoms with Crippen molar-refractivity contribution in [3.05, 3.63) is 12.3 Å². The van der Waals surface area contributed by atoms with Gasteiger partial charge in [-0.2, -0.15) is 0 Å². The van der Waals surface area contributed by atoms with Gasteiger partial charge in [-0.3, -0.25) is 0 Å². The third-order valence-corrected chi connectivity index (χ3v) is 13.0. The van der Waals surface area contributed by atoms with Crippen LogP contribution in [0.4, 0.5) is 0 Å². The third-order valence-electron chi connectivity index (χ3n) is 2.20. The van der Waals surface area contributed by atoms with E-state index in [0.717, 1.165) is 0 Å². The molecule has 0 amide bonds. The first-order valence-corrected chi connectivity index (χ1v) is 18.5. The van der Waals surface area contributed by atoms with E-state index < -0.39 is 21.9 Å². The highest BCUT2D eigenvalue weighted by Crippen LogP contribution is 2.31. The summed E-state index contributed by atoms with van der Waals surface area (Å²) in [6, 6.07) is 2.45. The molecule has 0 aliphatic rings. The van der Waals surface area contributed by atoms with Crippen molar-refractivity contribution in [2.24, 2.45) is 0 Å². The molecule has 0 aromatic carbocycles. The van der Waals surface area contributed by atoms with Crippen LogP contribution in [0.2, 0.25) is 44.8 Å². The first-order chi connectivity index (χ1) is 6.47. The molecular formula is C9H22Br2OSi3. The summed E-state index contributed by atoms with van der Waals surface area (Å²) < 4.78 is 6.31. The first kappa shape index (κ1) is 16.3. The Balaban J connectivity index is 4.25. The zero-order chi connectivity index (χ0) is 12.3. The summed E-state index contributed by atoms with van der Waals surface area (Å²) in [5.41, 5.74) is 2.03. The molecule has 0 rings (SSSR count). The topological polar surface area (TPSA) is 9.23 Å². The predicted octanol–water partition coefficient (Wildman–Crippen LogP) is 5.00. The van der Waals surface area contributed by atoms with Gasteiger partial charge in [0.15, 0.2) is 21.9 Å². The van der Waals surface area contributed by atoms with Crippen molar-refractivity contribution >= 4 is 52.5 Å². The lowest BCUT2D eigenvalue weighted by molar-refractivity contribution is 0.556. The summed E-state index contributed by atoms with van der Waals surface area (Å²) in [5, 5.41) is -1.28. The fraction of sp³-hybridized carbons (Fsp3) is 0.778. The molecule has 0 fully saturated rings. The molecule has 0 aliphatic heterocycles. The minimum Gasteiger partial charge on any atom is -0.453 e. The molecule has 6 heteroatoms. The van der Waals surface area contributed by atoms with E-state index in [1.807, 2.05) is 5.70 Å². The lowest BCUT2D eigenvalue weighted by atomic mass is 10.9. The third kappa shape index (κ3) is 9.05. The Bertz CT molecular complexity index is 224. The van der Waals surface area contributed by atoms with Crippen LogP contribution in [-0.2, 0) is 4.12 Å². The molecule has 0 N–H and O–H groups in total. The quantitative estimate of drug-likeness (QED) is 0.458. The van der Waals surface area contributed by atoms with E-state index in [4.69, 9.17) is 4.12 Å². The normalized spacial score (nSPS) is 14.1. The Kier molecular flexibility index (Phi) is 6.27. The maximum Gasteiger partial charge on any atom is 0.197 e. The van der Waals surface area contributed by atoms with E-state index in [-0.39, 0.29) is 0 Å². The molecule has 0 saturated carbocycles. The van der Waals surface area contributed by atoms with Gasteiger partial charge in [0.25, 0.3) is 0 Å². The minimum absolute atomic E-state index is 1.22. The Hall–Kier alpha value is 1.31. The van der Waals surface area contributed by atoms with Crippen molar-refractivity contribution in [1.29, 1.82) is 0 Å². The van der Waals surface area contributed by atoms with Gasteiger partial charge in [0.05, 0.1) is 0 Å².